The SMILES string of the molecule is COc1cc(N2CCC3(CCN(C(=O)c4ccc(C)nc4)CC3)C2=O)ccc1/C(C=N)=C/N. The number of aryl methyl sites for hydroxylation is 1. The lowest BCUT2D eigenvalue weighted by Gasteiger charge is -2.38. The number of carbonyl (C=O) groups excluding carboxylic acids is 2. The van der Waals surface area contributed by atoms with Gasteiger partial charge in [0.25, 0.3) is 5.91 Å². The first kappa shape index (κ1) is 22.5. The summed E-state index contributed by atoms with van der Waals surface area (Å²) in [4.78, 5) is 34.2. The van der Waals surface area contributed by atoms with Crippen molar-refractivity contribution in [2.24, 2.45) is 11.1 Å². The Morgan fingerprint density at radius 1 is 1.18 bits per heavy atom. The quantitative estimate of drug-likeness (QED) is 0.684. The molecule has 0 saturated carbocycles. The van der Waals surface area contributed by atoms with Crippen molar-refractivity contribution in [1.29, 1.82) is 5.41 Å². The largest absolute Gasteiger partial charge is 0.496 e. The Labute approximate surface area is 193 Å². The van der Waals surface area contributed by atoms with Gasteiger partial charge in [-0.1, -0.05) is 0 Å². The topological polar surface area (TPSA) is 113 Å². The molecular formula is C25H29N5O3. The highest BCUT2D eigenvalue weighted by molar-refractivity contribution is 6.09. The molecule has 2 amide bonds. The number of anilines is 1. The number of pyridine rings is 1. The van der Waals surface area contributed by atoms with Crippen LogP contribution in [0.15, 0.2) is 42.7 Å². The molecule has 0 bridgehead atoms. The van der Waals surface area contributed by atoms with Gasteiger partial charge in [0.1, 0.15) is 5.75 Å². The smallest absolute Gasteiger partial charge is 0.255 e. The number of allylic oxidation sites excluding steroid dienone is 1. The molecule has 3 N–H and O–H groups in total. The second kappa shape index (κ2) is 9.05. The van der Waals surface area contributed by atoms with Gasteiger partial charge in [-0.15, -0.1) is 0 Å². The minimum absolute atomic E-state index is 0.0325. The third kappa shape index (κ3) is 4.08. The standard InChI is InChI=1S/C25H29N5O3/c1-17-3-4-18(16-28-17)23(31)29-10-7-25(8-11-29)9-12-30(24(25)32)20-5-6-21(19(14-26)15-27)22(13-20)33-2/h3-6,13-16,26H,7-12,27H2,1-2H3/b19-15+,26-14?. The van der Waals surface area contributed by atoms with Crippen molar-refractivity contribution >= 4 is 29.3 Å². The van der Waals surface area contributed by atoms with Gasteiger partial charge in [0.15, 0.2) is 0 Å². The number of amides is 2. The summed E-state index contributed by atoms with van der Waals surface area (Å²) in [6, 6.07) is 9.16. The van der Waals surface area contributed by atoms with Crippen LogP contribution in [0.4, 0.5) is 5.69 Å². The van der Waals surface area contributed by atoms with E-state index in [4.69, 9.17) is 15.9 Å². The van der Waals surface area contributed by atoms with Crippen molar-refractivity contribution in [3.05, 3.63) is 59.5 Å². The van der Waals surface area contributed by atoms with Gasteiger partial charge in [0.2, 0.25) is 5.91 Å². The first-order chi connectivity index (χ1) is 15.9. The molecule has 2 aliphatic rings. The summed E-state index contributed by atoms with van der Waals surface area (Å²) in [5.74, 6) is 0.631. The number of likely N-dealkylation sites (tertiary alicyclic amines) is 1. The van der Waals surface area contributed by atoms with E-state index in [2.05, 4.69) is 4.98 Å². The number of carbonyl (C=O) groups is 2. The fourth-order valence-electron chi connectivity index (χ4n) is 4.75. The minimum Gasteiger partial charge on any atom is -0.496 e. The summed E-state index contributed by atoms with van der Waals surface area (Å²) in [5.41, 5.74) is 8.66. The molecule has 2 aromatic rings. The van der Waals surface area contributed by atoms with Gasteiger partial charge in [-0.2, -0.15) is 0 Å². The summed E-state index contributed by atoms with van der Waals surface area (Å²) in [6.45, 7) is 3.62. The lowest BCUT2D eigenvalue weighted by Crippen LogP contribution is -2.46. The molecule has 172 valence electrons. The van der Waals surface area contributed by atoms with E-state index < -0.39 is 5.41 Å². The lowest BCUT2D eigenvalue weighted by atomic mass is 9.77. The molecule has 2 aliphatic heterocycles. The van der Waals surface area contributed by atoms with Crippen molar-refractivity contribution < 1.29 is 14.3 Å². The maximum atomic E-state index is 13.5. The van der Waals surface area contributed by atoms with Gasteiger partial charge in [-0.25, -0.2) is 0 Å². The zero-order valence-corrected chi connectivity index (χ0v) is 19.0. The van der Waals surface area contributed by atoms with Gasteiger partial charge in [-0.3, -0.25) is 14.6 Å². The van der Waals surface area contributed by atoms with Crippen LogP contribution in [0, 0.1) is 17.7 Å². The van der Waals surface area contributed by atoms with Gasteiger partial charge in [0.05, 0.1) is 18.1 Å². The van der Waals surface area contributed by atoms with Crippen LogP contribution in [0.2, 0.25) is 0 Å². The summed E-state index contributed by atoms with van der Waals surface area (Å²) >= 11 is 0. The van der Waals surface area contributed by atoms with Gasteiger partial charge < -0.3 is 25.7 Å². The Morgan fingerprint density at radius 3 is 2.52 bits per heavy atom. The Bertz CT molecular complexity index is 1100. The molecule has 33 heavy (non-hydrogen) atoms. The molecule has 1 spiro atoms. The number of hydrogen-bond donors (Lipinski definition) is 2. The highest BCUT2D eigenvalue weighted by Crippen LogP contribution is 2.44. The van der Waals surface area contributed by atoms with Crippen LogP contribution in [0.25, 0.3) is 5.57 Å². The summed E-state index contributed by atoms with van der Waals surface area (Å²) < 4.78 is 5.51. The van der Waals surface area contributed by atoms with Crippen molar-refractivity contribution in [1.82, 2.24) is 9.88 Å². The summed E-state index contributed by atoms with van der Waals surface area (Å²) in [5, 5.41) is 7.54. The molecule has 8 heteroatoms. The van der Waals surface area contributed by atoms with Crippen LogP contribution >= 0.6 is 0 Å². The third-order valence-electron chi connectivity index (χ3n) is 6.82. The molecule has 1 aromatic heterocycles. The molecule has 2 saturated heterocycles. The number of nitrogens with two attached hydrogens (primary N) is 1. The average Bonchev–Trinajstić information content (AvgIpc) is 3.16. The maximum absolute atomic E-state index is 13.5. The Balaban J connectivity index is 1.48. The molecule has 2 fully saturated rings. The van der Waals surface area contributed by atoms with Crippen LogP contribution < -0.4 is 15.4 Å². The van der Waals surface area contributed by atoms with Crippen LogP contribution in [0.3, 0.4) is 0 Å². The second-order valence-electron chi connectivity index (χ2n) is 8.62. The number of methoxy groups -OCH3 is 1. The van der Waals surface area contributed by atoms with Crippen LogP contribution in [0.5, 0.6) is 5.75 Å². The Morgan fingerprint density at radius 2 is 1.91 bits per heavy atom. The van der Waals surface area contributed by atoms with E-state index in [-0.39, 0.29) is 11.8 Å². The molecule has 3 heterocycles. The molecule has 0 unspecified atom stereocenters. The Kier molecular flexibility index (Phi) is 6.18. The van der Waals surface area contributed by atoms with E-state index in [0.29, 0.717) is 54.9 Å². The summed E-state index contributed by atoms with van der Waals surface area (Å²) in [6.07, 6.45) is 6.22. The van der Waals surface area contributed by atoms with Crippen molar-refractivity contribution in [2.75, 3.05) is 31.6 Å². The molecule has 0 radical (unpaired) electrons. The van der Waals surface area contributed by atoms with E-state index in [9.17, 15) is 9.59 Å². The van der Waals surface area contributed by atoms with Crippen LogP contribution in [0.1, 0.15) is 40.9 Å². The molecular weight excluding hydrogens is 418 g/mol. The Hall–Kier alpha value is -3.68. The number of piperidine rings is 1. The van der Waals surface area contributed by atoms with E-state index in [1.165, 1.54) is 12.4 Å². The van der Waals surface area contributed by atoms with E-state index >= 15 is 0 Å². The third-order valence-corrected chi connectivity index (χ3v) is 6.82. The number of nitrogens with zero attached hydrogens (tertiary/aromatic N) is 3. The normalized spacial score (nSPS) is 18.0. The van der Waals surface area contributed by atoms with Crippen molar-refractivity contribution in [3.8, 4) is 5.75 Å². The number of rotatable bonds is 5. The van der Waals surface area contributed by atoms with Crippen molar-refractivity contribution in [3.63, 3.8) is 0 Å². The predicted octanol–water partition coefficient (Wildman–Crippen LogP) is 3.01. The predicted molar refractivity (Wildman–Crippen MR) is 127 cm³/mol. The minimum atomic E-state index is -0.439. The monoisotopic (exact) mass is 447 g/mol. The molecule has 0 aliphatic carbocycles. The van der Waals surface area contributed by atoms with Crippen LogP contribution in [-0.4, -0.2) is 54.7 Å². The molecule has 8 nitrogen and oxygen atoms in total. The number of hydrogen-bond acceptors (Lipinski definition) is 6. The number of ether oxygens (including phenoxy) is 1. The average molecular weight is 448 g/mol. The van der Waals surface area contributed by atoms with E-state index in [1.807, 2.05) is 41.0 Å². The van der Waals surface area contributed by atoms with Crippen LogP contribution in [-0.2, 0) is 4.79 Å². The lowest BCUT2D eigenvalue weighted by molar-refractivity contribution is -0.127. The fourth-order valence-corrected chi connectivity index (χ4v) is 4.75. The highest BCUT2D eigenvalue weighted by atomic mass is 16.5. The number of nitrogens with one attached hydrogen (secondary N) is 1. The van der Waals surface area contributed by atoms with Gasteiger partial charge in [0, 0.05) is 66.8 Å². The molecule has 4 rings (SSSR count). The number of aromatic nitrogens is 1. The zero-order chi connectivity index (χ0) is 23.6. The van der Waals surface area contributed by atoms with Gasteiger partial charge >= 0.3 is 0 Å². The van der Waals surface area contributed by atoms with E-state index in [1.54, 1.807) is 19.4 Å². The van der Waals surface area contributed by atoms with Gasteiger partial charge in [-0.05, 0) is 50.5 Å². The highest BCUT2D eigenvalue weighted by Gasteiger charge is 2.49. The van der Waals surface area contributed by atoms with Crippen molar-refractivity contribution in [2.45, 2.75) is 26.2 Å². The maximum Gasteiger partial charge on any atom is 0.255 e. The molecule has 0 atom stereocenters. The first-order valence-electron chi connectivity index (χ1n) is 11.1. The molecule has 1 aromatic carbocycles. The summed E-state index contributed by atoms with van der Waals surface area (Å²) in [7, 11) is 1.56. The zero-order valence-electron chi connectivity index (χ0n) is 19.0. The first-order valence-corrected chi connectivity index (χ1v) is 11.1. The second-order valence-corrected chi connectivity index (χ2v) is 8.62. The fraction of sp³-hybridized carbons (Fsp3) is 0.360. The van der Waals surface area contributed by atoms with E-state index in [0.717, 1.165) is 17.8 Å². The number of benzene rings is 1.